The number of nitrogens with zero attached hydrogens (tertiary/aromatic N) is 3. The predicted molar refractivity (Wildman–Crippen MR) is 86.4 cm³/mol. The maximum absolute atomic E-state index is 12.2. The number of hydrogen-bond acceptors (Lipinski definition) is 4. The first kappa shape index (κ1) is 14.5. The number of rotatable bonds is 3. The number of hydrogen-bond donors (Lipinski definition) is 1. The molecule has 0 spiro atoms. The Bertz CT molecular complexity index is 676. The van der Waals surface area contributed by atoms with Gasteiger partial charge in [-0.1, -0.05) is 12.1 Å². The van der Waals surface area contributed by atoms with Crippen molar-refractivity contribution in [2.75, 3.05) is 18.4 Å². The van der Waals surface area contributed by atoms with Crippen LogP contribution in [-0.2, 0) is 0 Å². The van der Waals surface area contributed by atoms with Gasteiger partial charge >= 0.3 is 0 Å². The minimum absolute atomic E-state index is 0.0247. The molecule has 0 aliphatic carbocycles. The first-order valence-corrected chi connectivity index (χ1v) is 7.59. The van der Waals surface area contributed by atoms with E-state index in [1.54, 1.807) is 12.4 Å². The van der Waals surface area contributed by atoms with E-state index in [2.05, 4.69) is 33.5 Å². The third-order valence-corrected chi connectivity index (χ3v) is 3.92. The summed E-state index contributed by atoms with van der Waals surface area (Å²) in [5.41, 5.74) is 3.74. The first-order valence-electron chi connectivity index (χ1n) is 7.59. The number of aromatic nitrogens is 2. The van der Waals surface area contributed by atoms with E-state index in [0.717, 1.165) is 37.2 Å². The molecule has 2 aromatic rings. The van der Waals surface area contributed by atoms with Gasteiger partial charge in [0, 0.05) is 18.8 Å². The molecule has 0 saturated carbocycles. The molecular formula is C17H20N4O. The highest BCUT2D eigenvalue weighted by Crippen LogP contribution is 2.20. The summed E-state index contributed by atoms with van der Waals surface area (Å²) >= 11 is 0. The number of anilines is 2. The summed E-state index contributed by atoms with van der Waals surface area (Å²) in [4.78, 5) is 22.6. The van der Waals surface area contributed by atoms with Crippen molar-refractivity contribution in [1.82, 2.24) is 14.9 Å². The first-order chi connectivity index (χ1) is 10.6. The molecular weight excluding hydrogens is 276 g/mol. The zero-order chi connectivity index (χ0) is 15.5. The van der Waals surface area contributed by atoms with Crippen molar-refractivity contribution in [3.8, 4) is 0 Å². The molecule has 2 heterocycles. The summed E-state index contributed by atoms with van der Waals surface area (Å²) < 4.78 is 0. The summed E-state index contributed by atoms with van der Waals surface area (Å²) in [5.74, 6) is 0.620. The molecule has 0 radical (unpaired) electrons. The van der Waals surface area contributed by atoms with E-state index in [1.807, 2.05) is 18.7 Å². The van der Waals surface area contributed by atoms with Crippen LogP contribution >= 0.6 is 0 Å². The van der Waals surface area contributed by atoms with Crippen LogP contribution in [0, 0.1) is 13.8 Å². The maximum Gasteiger partial charge on any atom is 0.274 e. The smallest absolute Gasteiger partial charge is 0.274 e. The van der Waals surface area contributed by atoms with Gasteiger partial charge in [0.25, 0.3) is 5.91 Å². The van der Waals surface area contributed by atoms with Crippen LogP contribution in [0.4, 0.5) is 11.5 Å². The normalized spacial score (nSPS) is 14.2. The van der Waals surface area contributed by atoms with E-state index in [4.69, 9.17) is 0 Å². The van der Waals surface area contributed by atoms with Crippen molar-refractivity contribution in [2.45, 2.75) is 26.7 Å². The van der Waals surface area contributed by atoms with Gasteiger partial charge in [-0.2, -0.15) is 0 Å². The van der Waals surface area contributed by atoms with E-state index >= 15 is 0 Å². The van der Waals surface area contributed by atoms with Crippen LogP contribution in [0.3, 0.4) is 0 Å². The number of benzene rings is 1. The van der Waals surface area contributed by atoms with E-state index < -0.39 is 0 Å². The standard InChI is InChI=1S/C17H20N4O/c1-12-5-6-13(2)14(9-12)20-16-11-18-15(10-19-16)17(22)21-7-3-4-8-21/h5-6,9-11H,3-4,7-8H2,1-2H3,(H,19,20). The molecule has 1 saturated heterocycles. The highest BCUT2D eigenvalue weighted by atomic mass is 16.2. The molecule has 22 heavy (non-hydrogen) atoms. The Labute approximate surface area is 130 Å². The molecule has 1 fully saturated rings. The number of aryl methyl sites for hydroxylation is 2. The maximum atomic E-state index is 12.2. The van der Waals surface area contributed by atoms with Gasteiger partial charge in [0.2, 0.25) is 0 Å². The lowest BCUT2D eigenvalue weighted by molar-refractivity contribution is 0.0786. The average Bonchev–Trinajstić information content (AvgIpc) is 3.05. The van der Waals surface area contributed by atoms with Gasteiger partial charge < -0.3 is 10.2 Å². The fourth-order valence-electron chi connectivity index (χ4n) is 2.59. The van der Waals surface area contributed by atoms with Crippen molar-refractivity contribution in [3.05, 3.63) is 47.4 Å². The Hall–Kier alpha value is -2.43. The van der Waals surface area contributed by atoms with Gasteiger partial charge in [0.15, 0.2) is 0 Å². The minimum atomic E-state index is -0.0247. The molecule has 0 bridgehead atoms. The van der Waals surface area contributed by atoms with Gasteiger partial charge in [-0.15, -0.1) is 0 Å². The lowest BCUT2D eigenvalue weighted by atomic mass is 10.1. The quantitative estimate of drug-likeness (QED) is 0.945. The van der Waals surface area contributed by atoms with Crippen molar-refractivity contribution in [3.63, 3.8) is 0 Å². The molecule has 0 unspecified atom stereocenters. The van der Waals surface area contributed by atoms with Crippen molar-refractivity contribution in [2.24, 2.45) is 0 Å². The highest BCUT2D eigenvalue weighted by Gasteiger charge is 2.20. The Morgan fingerprint density at radius 2 is 1.91 bits per heavy atom. The summed E-state index contributed by atoms with van der Waals surface area (Å²) in [6, 6.07) is 6.21. The van der Waals surface area contributed by atoms with Gasteiger partial charge in [-0.25, -0.2) is 9.97 Å². The molecule has 1 aromatic carbocycles. The summed E-state index contributed by atoms with van der Waals surface area (Å²) in [5, 5.41) is 3.25. The van der Waals surface area contributed by atoms with Crippen molar-refractivity contribution >= 4 is 17.4 Å². The van der Waals surface area contributed by atoms with E-state index in [9.17, 15) is 4.79 Å². The van der Waals surface area contributed by atoms with Crippen LogP contribution in [0.2, 0.25) is 0 Å². The molecule has 1 aliphatic heterocycles. The summed E-state index contributed by atoms with van der Waals surface area (Å²) in [6.07, 6.45) is 5.32. The topological polar surface area (TPSA) is 58.1 Å². The lowest BCUT2D eigenvalue weighted by Gasteiger charge is -2.14. The lowest BCUT2D eigenvalue weighted by Crippen LogP contribution is -2.28. The van der Waals surface area contributed by atoms with Gasteiger partial charge in [0.1, 0.15) is 11.5 Å². The summed E-state index contributed by atoms with van der Waals surface area (Å²) in [6.45, 7) is 5.74. The van der Waals surface area contributed by atoms with Crippen LogP contribution in [0.5, 0.6) is 0 Å². The fourth-order valence-corrected chi connectivity index (χ4v) is 2.59. The average molecular weight is 296 g/mol. The van der Waals surface area contributed by atoms with E-state index in [0.29, 0.717) is 11.5 Å². The second-order valence-corrected chi connectivity index (χ2v) is 5.73. The van der Waals surface area contributed by atoms with Gasteiger partial charge in [0.05, 0.1) is 12.4 Å². The zero-order valence-electron chi connectivity index (χ0n) is 13.0. The van der Waals surface area contributed by atoms with E-state index in [1.165, 1.54) is 5.56 Å². The predicted octanol–water partition coefficient (Wildman–Crippen LogP) is 3.07. The Morgan fingerprint density at radius 1 is 1.14 bits per heavy atom. The number of nitrogens with one attached hydrogen (secondary N) is 1. The van der Waals surface area contributed by atoms with Gasteiger partial charge in [-0.05, 0) is 43.9 Å². The monoisotopic (exact) mass is 296 g/mol. The van der Waals surface area contributed by atoms with Gasteiger partial charge in [-0.3, -0.25) is 4.79 Å². The number of carbonyl (C=O) groups is 1. The third kappa shape index (κ3) is 3.08. The number of amides is 1. The Kier molecular flexibility index (Phi) is 4.04. The molecule has 3 rings (SSSR count). The second-order valence-electron chi connectivity index (χ2n) is 5.73. The molecule has 1 amide bonds. The molecule has 1 aliphatic rings. The Balaban J connectivity index is 1.74. The fraction of sp³-hybridized carbons (Fsp3) is 0.353. The summed E-state index contributed by atoms with van der Waals surface area (Å²) in [7, 11) is 0. The molecule has 1 aromatic heterocycles. The van der Waals surface area contributed by atoms with Crippen LogP contribution in [0.15, 0.2) is 30.6 Å². The molecule has 114 valence electrons. The van der Waals surface area contributed by atoms with E-state index in [-0.39, 0.29) is 5.91 Å². The number of likely N-dealkylation sites (tertiary alicyclic amines) is 1. The largest absolute Gasteiger partial charge is 0.339 e. The molecule has 5 heteroatoms. The van der Waals surface area contributed by atoms with Crippen LogP contribution in [0.25, 0.3) is 0 Å². The second kappa shape index (κ2) is 6.13. The number of carbonyl (C=O) groups excluding carboxylic acids is 1. The SMILES string of the molecule is Cc1ccc(C)c(Nc2cnc(C(=O)N3CCCC3)cn2)c1. The molecule has 1 N–H and O–H groups in total. The van der Waals surface area contributed by atoms with Crippen LogP contribution in [0.1, 0.15) is 34.5 Å². The van der Waals surface area contributed by atoms with Crippen molar-refractivity contribution < 1.29 is 4.79 Å². The molecule has 0 atom stereocenters. The highest BCUT2D eigenvalue weighted by molar-refractivity contribution is 5.92. The zero-order valence-corrected chi connectivity index (χ0v) is 13.0. The minimum Gasteiger partial charge on any atom is -0.339 e. The third-order valence-electron chi connectivity index (χ3n) is 3.92. The Morgan fingerprint density at radius 3 is 2.59 bits per heavy atom. The van der Waals surface area contributed by atoms with Crippen LogP contribution < -0.4 is 5.32 Å². The van der Waals surface area contributed by atoms with Crippen LogP contribution in [-0.4, -0.2) is 33.9 Å². The van der Waals surface area contributed by atoms with Crippen molar-refractivity contribution in [1.29, 1.82) is 0 Å². The molecule has 5 nitrogen and oxygen atoms in total.